The number of hydrogen-bond acceptors (Lipinski definition) is 14. The van der Waals surface area contributed by atoms with Gasteiger partial charge in [-0.1, -0.05) is 129 Å². The SMILES string of the molecule is CCCCCCOc1c(OCc2ccccc2)c2ccc(O[C@@H]3O[C@H](COC(=O)c4ccccc4)[C@@H](OC(=O)c4ccccc4)[C@H](OC(=O)c4ccccc4)[C@H]3OC(=O)c3ccccc3)cc2oc1=O. The quantitative estimate of drug-likeness (QED) is 0.0306. The second-order valence-corrected chi connectivity index (χ2v) is 16.2. The summed E-state index contributed by atoms with van der Waals surface area (Å²) < 4.78 is 55.5. The highest BCUT2D eigenvalue weighted by molar-refractivity contribution is 5.92. The first-order valence-electron chi connectivity index (χ1n) is 23.0. The number of benzene rings is 6. The van der Waals surface area contributed by atoms with Gasteiger partial charge in [0.2, 0.25) is 18.1 Å². The van der Waals surface area contributed by atoms with Gasteiger partial charge in [0.15, 0.2) is 18.0 Å². The summed E-state index contributed by atoms with van der Waals surface area (Å²) in [4.78, 5) is 69.3. The van der Waals surface area contributed by atoms with Crippen molar-refractivity contribution in [2.24, 2.45) is 0 Å². The number of esters is 4. The Hall–Kier alpha value is -8.23. The Morgan fingerprint density at radius 2 is 1.04 bits per heavy atom. The third kappa shape index (κ3) is 12.3. The highest BCUT2D eigenvalue weighted by Crippen LogP contribution is 2.38. The monoisotopic (exact) mass is 946 g/mol. The van der Waals surface area contributed by atoms with Crippen molar-refractivity contribution in [2.45, 2.75) is 69.9 Å². The number of fused-ring (bicyclic) bond motifs is 1. The molecule has 0 saturated carbocycles. The van der Waals surface area contributed by atoms with Crippen molar-refractivity contribution in [2.75, 3.05) is 13.2 Å². The van der Waals surface area contributed by atoms with E-state index in [9.17, 15) is 24.0 Å². The van der Waals surface area contributed by atoms with E-state index in [4.69, 9.17) is 42.3 Å². The summed E-state index contributed by atoms with van der Waals surface area (Å²) in [6.07, 6.45) is -4.34. The molecule has 0 bridgehead atoms. The molecular formula is C56H50O14. The van der Waals surface area contributed by atoms with Gasteiger partial charge in [-0.2, -0.15) is 0 Å². The molecule has 8 rings (SSSR count). The summed E-state index contributed by atoms with van der Waals surface area (Å²) in [7, 11) is 0. The molecule has 1 aliphatic heterocycles. The Labute approximate surface area is 403 Å². The standard InChI is InChI=1S/C56H50O14/c1-2-3-4-20-33-62-49-46(63-35-37-21-10-5-11-22-37)43-32-31-42(34-44(43)66-55(49)61)65-56-50(70-54(60)41-29-18-9-19-30-41)48(69-53(59)40-27-16-8-17-28-40)47(68-52(58)39-25-14-7-15-26-39)45(67-56)36-64-51(57)38-23-12-6-13-24-38/h5-19,21-32,34,45,47-48,50,56H,2-4,20,33,35-36H2,1H3/t45-,47-,48+,50-,56-/m1/s1. The topological polar surface area (TPSA) is 172 Å². The third-order valence-corrected chi connectivity index (χ3v) is 11.3. The van der Waals surface area contributed by atoms with Gasteiger partial charge in [0.05, 0.1) is 34.2 Å². The average Bonchev–Trinajstić information content (AvgIpc) is 3.40. The molecule has 0 radical (unpaired) electrons. The minimum absolute atomic E-state index is 0.0385. The zero-order valence-corrected chi connectivity index (χ0v) is 38.2. The van der Waals surface area contributed by atoms with E-state index >= 15 is 0 Å². The Morgan fingerprint density at radius 3 is 1.60 bits per heavy atom. The molecule has 70 heavy (non-hydrogen) atoms. The maximum absolute atomic E-state index is 14.1. The summed E-state index contributed by atoms with van der Waals surface area (Å²) in [5.41, 5.74) is 0.726. The summed E-state index contributed by atoms with van der Waals surface area (Å²) in [5.74, 6) is -3.19. The molecule has 5 atom stereocenters. The first-order chi connectivity index (χ1) is 34.2. The normalized spacial score (nSPS) is 17.4. The van der Waals surface area contributed by atoms with Gasteiger partial charge in [0.1, 0.15) is 30.7 Å². The third-order valence-electron chi connectivity index (χ3n) is 11.3. The summed E-state index contributed by atoms with van der Waals surface area (Å²) in [6, 6.07) is 46.3. The number of hydrogen-bond donors (Lipinski definition) is 0. The minimum Gasteiger partial charge on any atom is -0.484 e. The Bertz CT molecular complexity index is 2890. The van der Waals surface area contributed by atoms with Crippen LogP contribution in [-0.2, 0) is 30.3 Å². The molecule has 1 saturated heterocycles. The Kier molecular flexibility index (Phi) is 16.3. The van der Waals surface area contributed by atoms with E-state index in [-0.39, 0.29) is 58.3 Å². The van der Waals surface area contributed by atoms with Crippen LogP contribution in [0, 0.1) is 0 Å². The fraction of sp³-hybridized carbons (Fsp3) is 0.232. The molecule has 6 aromatic carbocycles. The van der Waals surface area contributed by atoms with E-state index in [1.807, 2.05) is 30.3 Å². The second-order valence-electron chi connectivity index (χ2n) is 16.2. The van der Waals surface area contributed by atoms with Gasteiger partial charge in [0.25, 0.3) is 0 Å². The maximum atomic E-state index is 14.1. The van der Waals surface area contributed by atoms with Crippen LogP contribution in [0.5, 0.6) is 17.2 Å². The predicted octanol–water partition coefficient (Wildman–Crippen LogP) is 9.97. The van der Waals surface area contributed by atoms with Crippen LogP contribution < -0.4 is 19.8 Å². The first-order valence-corrected chi connectivity index (χ1v) is 23.0. The van der Waals surface area contributed by atoms with Gasteiger partial charge < -0.3 is 42.3 Å². The summed E-state index contributed by atoms with van der Waals surface area (Å²) >= 11 is 0. The van der Waals surface area contributed by atoms with Gasteiger partial charge in [0, 0.05) is 6.07 Å². The second kappa shape index (κ2) is 23.7. The largest absolute Gasteiger partial charge is 0.484 e. The Balaban J connectivity index is 1.20. The van der Waals surface area contributed by atoms with E-state index in [0.717, 1.165) is 24.8 Å². The summed E-state index contributed by atoms with van der Waals surface area (Å²) in [5, 5.41) is 0.385. The number of rotatable bonds is 20. The molecule has 0 unspecified atom stereocenters. The van der Waals surface area contributed by atoms with Crippen molar-refractivity contribution in [1.82, 2.24) is 0 Å². The molecule has 14 heteroatoms. The molecule has 358 valence electrons. The van der Waals surface area contributed by atoms with E-state index < -0.39 is 66.8 Å². The highest BCUT2D eigenvalue weighted by atomic mass is 16.7. The van der Waals surface area contributed by atoms with Crippen molar-refractivity contribution in [3.63, 3.8) is 0 Å². The van der Waals surface area contributed by atoms with Crippen molar-refractivity contribution >= 4 is 34.8 Å². The van der Waals surface area contributed by atoms with Crippen LogP contribution in [0.1, 0.15) is 79.6 Å². The molecule has 7 aromatic rings. The van der Waals surface area contributed by atoms with Gasteiger partial charge in [-0.05, 0) is 72.6 Å². The molecular weight excluding hydrogens is 897 g/mol. The van der Waals surface area contributed by atoms with Crippen LogP contribution in [0.25, 0.3) is 11.0 Å². The van der Waals surface area contributed by atoms with Crippen molar-refractivity contribution in [3.05, 3.63) is 208 Å². The lowest BCUT2D eigenvalue weighted by molar-refractivity contribution is -0.275. The fourth-order valence-electron chi connectivity index (χ4n) is 7.67. The smallest absolute Gasteiger partial charge is 0.383 e. The van der Waals surface area contributed by atoms with Crippen LogP contribution in [-0.4, -0.2) is 67.8 Å². The number of ether oxygens (including phenoxy) is 8. The zero-order chi connectivity index (χ0) is 48.7. The van der Waals surface area contributed by atoms with Gasteiger partial charge in [-0.15, -0.1) is 0 Å². The molecule has 0 amide bonds. The number of carbonyl (C=O) groups is 4. The number of unbranched alkanes of at least 4 members (excludes halogenated alkanes) is 3. The van der Waals surface area contributed by atoms with E-state index in [1.165, 1.54) is 42.5 Å². The Morgan fingerprint density at radius 1 is 0.529 bits per heavy atom. The van der Waals surface area contributed by atoms with Gasteiger partial charge >= 0.3 is 29.5 Å². The van der Waals surface area contributed by atoms with Crippen molar-refractivity contribution < 1.29 is 61.5 Å². The first kappa shape index (κ1) is 48.2. The molecule has 0 aliphatic carbocycles. The van der Waals surface area contributed by atoms with Crippen LogP contribution in [0.3, 0.4) is 0 Å². The maximum Gasteiger partial charge on any atom is 0.383 e. The molecule has 0 N–H and O–H groups in total. The average molecular weight is 947 g/mol. The van der Waals surface area contributed by atoms with Crippen molar-refractivity contribution in [3.8, 4) is 17.2 Å². The van der Waals surface area contributed by atoms with Crippen LogP contribution in [0.15, 0.2) is 179 Å². The predicted molar refractivity (Wildman–Crippen MR) is 256 cm³/mol. The molecule has 2 heterocycles. The van der Waals surface area contributed by atoms with E-state index in [2.05, 4.69) is 6.92 Å². The molecule has 1 fully saturated rings. The lowest BCUT2D eigenvalue weighted by Gasteiger charge is -2.44. The van der Waals surface area contributed by atoms with Crippen molar-refractivity contribution in [1.29, 1.82) is 0 Å². The minimum atomic E-state index is -1.68. The van der Waals surface area contributed by atoms with E-state index in [0.29, 0.717) is 11.8 Å². The zero-order valence-electron chi connectivity index (χ0n) is 38.2. The molecule has 1 aromatic heterocycles. The molecule has 0 spiro atoms. The molecule has 1 aliphatic rings. The highest BCUT2D eigenvalue weighted by Gasteiger charge is 2.54. The van der Waals surface area contributed by atoms with Crippen LogP contribution in [0.2, 0.25) is 0 Å². The van der Waals surface area contributed by atoms with E-state index in [1.54, 1.807) is 97.1 Å². The van der Waals surface area contributed by atoms with Crippen LogP contribution >= 0.6 is 0 Å². The van der Waals surface area contributed by atoms with Gasteiger partial charge in [-0.25, -0.2) is 24.0 Å². The molecule has 14 nitrogen and oxygen atoms in total. The lowest BCUT2D eigenvalue weighted by atomic mass is 9.97. The fourth-order valence-corrected chi connectivity index (χ4v) is 7.67. The summed E-state index contributed by atoms with van der Waals surface area (Å²) in [6.45, 7) is 1.92. The van der Waals surface area contributed by atoms with Crippen LogP contribution in [0.4, 0.5) is 0 Å². The lowest BCUT2D eigenvalue weighted by Crippen LogP contribution is -2.63. The van der Waals surface area contributed by atoms with Gasteiger partial charge in [-0.3, -0.25) is 0 Å². The number of carbonyl (C=O) groups excluding carboxylic acids is 4.